The van der Waals surface area contributed by atoms with Gasteiger partial charge in [0.15, 0.2) is 5.82 Å². The van der Waals surface area contributed by atoms with Gasteiger partial charge in [-0.3, -0.25) is 4.68 Å². The van der Waals surface area contributed by atoms with E-state index in [0.717, 1.165) is 12.2 Å². The first-order valence-corrected chi connectivity index (χ1v) is 5.38. The summed E-state index contributed by atoms with van der Waals surface area (Å²) in [5, 5.41) is 14.5. The van der Waals surface area contributed by atoms with Crippen molar-refractivity contribution in [3.8, 4) is 0 Å². The van der Waals surface area contributed by atoms with E-state index in [1.165, 1.54) is 6.33 Å². The Morgan fingerprint density at radius 2 is 2.54 bits per heavy atom. The van der Waals surface area contributed by atoms with Gasteiger partial charge in [-0.2, -0.15) is 16.9 Å². The van der Waals surface area contributed by atoms with E-state index in [2.05, 4.69) is 10.1 Å². The highest BCUT2D eigenvalue weighted by molar-refractivity contribution is 8.00. The lowest BCUT2D eigenvalue weighted by Gasteiger charge is -2.25. The van der Waals surface area contributed by atoms with E-state index in [0.29, 0.717) is 5.82 Å². The number of aromatic nitrogens is 3. The minimum atomic E-state index is -0.782. The van der Waals surface area contributed by atoms with E-state index in [1.54, 1.807) is 16.4 Å². The van der Waals surface area contributed by atoms with Crippen molar-refractivity contribution in [1.82, 2.24) is 14.8 Å². The van der Waals surface area contributed by atoms with Gasteiger partial charge in [0, 0.05) is 12.3 Å². The van der Waals surface area contributed by atoms with Crippen molar-refractivity contribution in [3.05, 3.63) is 12.2 Å². The second-order valence-corrected chi connectivity index (χ2v) is 4.84. The molecule has 1 aliphatic rings. The summed E-state index contributed by atoms with van der Waals surface area (Å²) in [5.74, 6) is 1.68. The van der Waals surface area contributed by atoms with Gasteiger partial charge in [-0.25, -0.2) is 4.98 Å². The standard InChI is InChI=1S/C8H13N3OS/c1-6-8(12,3-4-13-6)7-9-5-10-11(7)2/h5-6,12H,3-4H2,1-2H3. The van der Waals surface area contributed by atoms with Gasteiger partial charge in [0.05, 0.1) is 0 Å². The molecule has 1 aliphatic heterocycles. The van der Waals surface area contributed by atoms with Crippen molar-refractivity contribution in [2.24, 2.45) is 7.05 Å². The largest absolute Gasteiger partial charge is 0.381 e. The van der Waals surface area contributed by atoms with Crippen LogP contribution in [0.1, 0.15) is 19.2 Å². The van der Waals surface area contributed by atoms with E-state index in [4.69, 9.17) is 0 Å². The molecule has 1 fully saturated rings. The van der Waals surface area contributed by atoms with Crippen molar-refractivity contribution in [3.63, 3.8) is 0 Å². The zero-order valence-electron chi connectivity index (χ0n) is 7.77. The van der Waals surface area contributed by atoms with Crippen LogP contribution in [-0.4, -0.2) is 30.9 Å². The first-order valence-electron chi connectivity index (χ1n) is 4.33. The third kappa shape index (κ3) is 1.26. The summed E-state index contributed by atoms with van der Waals surface area (Å²) >= 11 is 1.78. The van der Waals surface area contributed by atoms with Gasteiger partial charge in [0.2, 0.25) is 0 Å². The van der Waals surface area contributed by atoms with Crippen LogP contribution < -0.4 is 0 Å². The monoisotopic (exact) mass is 199 g/mol. The van der Waals surface area contributed by atoms with Gasteiger partial charge in [0.25, 0.3) is 0 Å². The Labute approximate surface area is 81.4 Å². The lowest BCUT2D eigenvalue weighted by atomic mass is 9.96. The first kappa shape index (κ1) is 9.02. The van der Waals surface area contributed by atoms with Crippen LogP contribution in [0.2, 0.25) is 0 Å². The number of aryl methyl sites for hydroxylation is 1. The molecule has 2 rings (SSSR count). The second-order valence-electron chi connectivity index (χ2n) is 3.39. The summed E-state index contributed by atoms with van der Waals surface area (Å²) in [6, 6.07) is 0. The number of aliphatic hydroxyl groups is 1. The van der Waals surface area contributed by atoms with Crippen LogP contribution in [-0.2, 0) is 12.6 Å². The maximum Gasteiger partial charge on any atom is 0.159 e. The molecule has 1 aromatic rings. The van der Waals surface area contributed by atoms with E-state index >= 15 is 0 Å². The first-order chi connectivity index (χ1) is 6.14. The van der Waals surface area contributed by atoms with Crippen molar-refractivity contribution in [1.29, 1.82) is 0 Å². The molecule has 0 radical (unpaired) electrons. The van der Waals surface area contributed by atoms with Crippen molar-refractivity contribution in [2.75, 3.05) is 5.75 Å². The van der Waals surface area contributed by atoms with Crippen LogP contribution in [0.25, 0.3) is 0 Å². The fourth-order valence-corrected chi connectivity index (χ4v) is 3.00. The molecule has 2 unspecified atom stereocenters. The molecule has 5 heteroatoms. The summed E-state index contributed by atoms with van der Waals surface area (Å²) in [5.41, 5.74) is -0.782. The Bertz CT molecular complexity index is 314. The Morgan fingerprint density at radius 1 is 1.77 bits per heavy atom. The molecular formula is C8H13N3OS. The van der Waals surface area contributed by atoms with Crippen LogP contribution in [0, 0.1) is 0 Å². The van der Waals surface area contributed by atoms with E-state index in [9.17, 15) is 5.11 Å². The molecule has 0 spiro atoms. The third-order valence-corrected chi connectivity index (χ3v) is 3.95. The lowest BCUT2D eigenvalue weighted by molar-refractivity contribution is 0.0298. The minimum Gasteiger partial charge on any atom is -0.381 e. The summed E-state index contributed by atoms with van der Waals surface area (Å²) in [6.07, 6.45) is 2.26. The Balaban J connectivity index is 2.39. The smallest absolute Gasteiger partial charge is 0.159 e. The van der Waals surface area contributed by atoms with Gasteiger partial charge < -0.3 is 5.11 Å². The summed E-state index contributed by atoms with van der Waals surface area (Å²) in [6.45, 7) is 2.03. The molecule has 2 heterocycles. The molecule has 0 aromatic carbocycles. The second kappa shape index (κ2) is 2.99. The Morgan fingerprint density at radius 3 is 3.00 bits per heavy atom. The molecule has 1 saturated heterocycles. The SMILES string of the molecule is CC1SCCC1(O)c1ncnn1C. The van der Waals surface area contributed by atoms with Gasteiger partial charge in [0.1, 0.15) is 11.9 Å². The summed E-state index contributed by atoms with van der Waals surface area (Å²) in [4.78, 5) is 4.11. The fourth-order valence-electron chi connectivity index (χ4n) is 1.71. The molecule has 1 aromatic heterocycles. The van der Waals surface area contributed by atoms with E-state index in [1.807, 2.05) is 14.0 Å². The normalized spacial score (nSPS) is 33.9. The summed E-state index contributed by atoms with van der Waals surface area (Å²) < 4.78 is 1.66. The van der Waals surface area contributed by atoms with E-state index < -0.39 is 5.60 Å². The maximum atomic E-state index is 10.4. The van der Waals surface area contributed by atoms with Crippen LogP contribution in [0.5, 0.6) is 0 Å². The fraction of sp³-hybridized carbons (Fsp3) is 0.750. The van der Waals surface area contributed by atoms with Gasteiger partial charge >= 0.3 is 0 Å². The molecule has 0 aliphatic carbocycles. The zero-order valence-corrected chi connectivity index (χ0v) is 8.58. The number of thioether (sulfide) groups is 1. The van der Waals surface area contributed by atoms with Gasteiger partial charge in [-0.05, 0) is 12.2 Å². The lowest BCUT2D eigenvalue weighted by Crippen LogP contribution is -2.34. The molecule has 4 nitrogen and oxygen atoms in total. The quantitative estimate of drug-likeness (QED) is 0.716. The molecule has 0 saturated carbocycles. The van der Waals surface area contributed by atoms with Crippen LogP contribution in [0.4, 0.5) is 0 Å². The molecular weight excluding hydrogens is 186 g/mol. The third-order valence-electron chi connectivity index (χ3n) is 2.62. The number of hydrogen-bond donors (Lipinski definition) is 1. The van der Waals surface area contributed by atoms with Crippen LogP contribution in [0.3, 0.4) is 0 Å². The van der Waals surface area contributed by atoms with Crippen LogP contribution >= 0.6 is 11.8 Å². The predicted octanol–water partition coefficient (Wildman–Crippen LogP) is 0.528. The van der Waals surface area contributed by atoms with Crippen LogP contribution in [0.15, 0.2) is 6.33 Å². The topological polar surface area (TPSA) is 50.9 Å². The predicted molar refractivity (Wildman–Crippen MR) is 51.4 cm³/mol. The Kier molecular flexibility index (Phi) is 2.08. The molecule has 1 N–H and O–H groups in total. The van der Waals surface area contributed by atoms with Crippen molar-refractivity contribution < 1.29 is 5.11 Å². The summed E-state index contributed by atoms with van der Waals surface area (Å²) in [7, 11) is 1.82. The average molecular weight is 199 g/mol. The number of nitrogens with zero attached hydrogens (tertiary/aromatic N) is 3. The Hall–Kier alpha value is -0.550. The number of hydrogen-bond acceptors (Lipinski definition) is 4. The highest BCUT2D eigenvalue weighted by Gasteiger charge is 2.43. The average Bonchev–Trinajstić information content (AvgIpc) is 2.62. The van der Waals surface area contributed by atoms with Gasteiger partial charge in [-0.1, -0.05) is 6.92 Å². The minimum absolute atomic E-state index is 0.204. The molecule has 72 valence electrons. The van der Waals surface area contributed by atoms with E-state index in [-0.39, 0.29) is 5.25 Å². The number of rotatable bonds is 1. The molecule has 0 amide bonds. The zero-order chi connectivity index (χ0) is 9.47. The molecule has 2 atom stereocenters. The molecule has 13 heavy (non-hydrogen) atoms. The van der Waals surface area contributed by atoms with Gasteiger partial charge in [-0.15, -0.1) is 0 Å². The maximum absolute atomic E-state index is 10.4. The highest BCUT2D eigenvalue weighted by Crippen LogP contribution is 2.41. The van der Waals surface area contributed by atoms with Crippen molar-refractivity contribution >= 4 is 11.8 Å². The highest BCUT2D eigenvalue weighted by atomic mass is 32.2. The molecule has 0 bridgehead atoms. The van der Waals surface area contributed by atoms with Crippen molar-refractivity contribution in [2.45, 2.75) is 24.2 Å².